The number of phosphoric ester groups is 1. The van der Waals surface area contributed by atoms with Gasteiger partial charge in [0, 0.05) is 13.0 Å². The molecule has 9 heteroatoms. The standard InChI is InChI=1S/C27H57N2O6P/c1-3-5-7-9-11-13-15-17-19-21-27(31)29-25(24-35-36(32,33)34-23-22-28)26(30)20-18-16-14-12-10-8-6-4-2/h25-26,30H,3-24,28H2,1-2H3,(H,29,31)(H,32,33). The lowest BCUT2D eigenvalue weighted by molar-refractivity contribution is -0.123. The molecule has 0 saturated heterocycles. The van der Waals surface area contributed by atoms with Crippen LogP contribution in [0.4, 0.5) is 0 Å². The molecule has 5 N–H and O–H groups in total. The molecule has 36 heavy (non-hydrogen) atoms. The van der Waals surface area contributed by atoms with Gasteiger partial charge in [-0.2, -0.15) is 0 Å². The molecule has 0 aromatic heterocycles. The molecule has 0 aliphatic rings. The molecule has 3 unspecified atom stereocenters. The minimum Gasteiger partial charge on any atom is -0.391 e. The highest BCUT2D eigenvalue weighted by Gasteiger charge is 2.27. The van der Waals surface area contributed by atoms with Crippen LogP contribution in [0, 0.1) is 0 Å². The largest absolute Gasteiger partial charge is 0.472 e. The molecule has 216 valence electrons. The minimum atomic E-state index is -4.28. The summed E-state index contributed by atoms with van der Waals surface area (Å²) in [5.41, 5.74) is 5.31. The van der Waals surface area contributed by atoms with E-state index >= 15 is 0 Å². The predicted molar refractivity (Wildman–Crippen MR) is 148 cm³/mol. The number of aliphatic hydroxyl groups excluding tert-OH is 1. The quantitative estimate of drug-likeness (QED) is 0.0708. The van der Waals surface area contributed by atoms with Crippen molar-refractivity contribution in [2.45, 2.75) is 148 Å². The van der Waals surface area contributed by atoms with Gasteiger partial charge < -0.3 is 21.1 Å². The summed E-state index contributed by atoms with van der Waals surface area (Å²) in [4.78, 5) is 22.3. The third-order valence-corrected chi connectivity index (χ3v) is 7.45. The Balaban J connectivity index is 4.41. The maximum Gasteiger partial charge on any atom is 0.472 e. The number of amides is 1. The van der Waals surface area contributed by atoms with Gasteiger partial charge in [-0.25, -0.2) is 4.57 Å². The monoisotopic (exact) mass is 536 g/mol. The second-order valence-electron chi connectivity index (χ2n) is 9.97. The normalized spacial score (nSPS) is 14.9. The van der Waals surface area contributed by atoms with Crippen LogP contribution in [-0.4, -0.2) is 47.8 Å². The predicted octanol–water partition coefficient (Wildman–Crippen LogP) is 6.38. The zero-order chi connectivity index (χ0) is 26.9. The first-order valence-corrected chi connectivity index (χ1v) is 16.1. The molecule has 0 aliphatic carbocycles. The summed E-state index contributed by atoms with van der Waals surface area (Å²) in [5.74, 6) is -0.169. The van der Waals surface area contributed by atoms with E-state index in [9.17, 15) is 19.4 Å². The lowest BCUT2D eigenvalue weighted by Crippen LogP contribution is -2.46. The first-order valence-electron chi connectivity index (χ1n) is 14.7. The number of rotatable bonds is 27. The average molecular weight is 537 g/mol. The van der Waals surface area contributed by atoms with Crippen LogP contribution in [0.2, 0.25) is 0 Å². The molecule has 0 bridgehead atoms. The Hall–Kier alpha value is -0.500. The summed E-state index contributed by atoms with van der Waals surface area (Å²) in [6.45, 7) is 4.12. The zero-order valence-electron chi connectivity index (χ0n) is 23.3. The van der Waals surface area contributed by atoms with Gasteiger partial charge in [0.2, 0.25) is 5.91 Å². The maximum atomic E-state index is 12.5. The Bertz CT molecular complexity index is 552. The summed E-state index contributed by atoms with van der Waals surface area (Å²) in [5, 5.41) is 13.5. The Labute approximate surface area is 221 Å². The van der Waals surface area contributed by atoms with Crippen LogP contribution in [-0.2, 0) is 18.4 Å². The lowest BCUT2D eigenvalue weighted by Gasteiger charge is -2.25. The Morgan fingerprint density at radius 3 is 1.78 bits per heavy atom. The smallest absolute Gasteiger partial charge is 0.391 e. The van der Waals surface area contributed by atoms with Crippen molar-refractivity contribution in [3.63, 3.8) is 0 Å². The van der Waals surface area contributed by atoms with E-state index in [4.69, 9.17) is 14.8 Å². The number of nitrogens with two attached hydrogens (primary N) is 1. The van der Waals surface area contributed by atoms with Crippen molar-refractivity contribution in [3.05, 3.63) is 0 Å². The Morgan fingerprint density at radius 2 is 1.28 bits per heavy atom. The van der Waals surface area contributed by atoms with Crippen LogP contribution in [0.15, 0.2) is 0 Å². The fourth-order valence-corrected chi connectivity index (χ4v) is 4.95. The molecule has 0 aromatic rings. The number of phosphoric acid groups is 1. The van der Waals surface area contributed by atoms with Crippen molar-refractivity contribution in [1.82, 2.24) is 5.32 Å². The number of nitrogens with one attached hydrogen (secondary N) is 1. The fraction of sp³-hybridized carbons (Fsp3) is 0.963. The van der Waals surface area contributed by atoms with Crippen LogP contribution >= 0.6 is 7.82 Å². The van der Waals surface area contributed by atoms with Crippen molar-refractivity contribution >= 4 is 13.7 Å². The van der Waals surface area contributed by atoms with Crippen molar-refractivity contribution < 1.29 is 28.4 Å². The number of carbonyl (C=O) groups excluding carboxylic acids is 1. The third kappa shape index (κ3) is 22.7. The first-order chi connectivity index (χ1) is 17.4. The molecule has 0 aromatic carbocycles. The van der Waals surface area contributed by atoms with Crippen molar-refractivity contribution in [3.8, 4) is 0 Å². The lowest BCUT2D eigenvalue weighted by atomic mass is 10.0. The molecule has 0 saturated carbocycles. The van der Waals surface area contributed by atoms with Gasteiger partial charge in [0.1, 0.15) is 0 Å². The molecule has 0 rings (SSSR count). The van der Waals surface area contributed by atoms with Gasteiger partial charge >= 0.3 is 7.82 Å². The highest BCUT2D eigenvalue weighted by Crippen LogP contribution is 2.43. The summed E-state index contributed by atoms with van der Waals surface area (Å²) in [6, 6.07) is -0.762. The fourth-order valence-electron chi connectivity index (χ4n) is 4.19. The van der Waals surface area contributed by atoms with E-state index in [-0.39, 0.29) is 25.7 Å². The zero-order valence-corrected chi connectivity index (χ0v) is 24.2. The van der Waals surface area contributed by atoms with Gasteiger partial charge in [0.05, 0.1) is 25.4 Å². The second kappa shape index (κ2) is 24.8. The molecular formula is C27H57N2O6P. The van der Waals surface area contributed by atoms with Gasteiger partial charge in [-0.3, -0.25) is 13.8 Å². The van der Waals surface area contributed by atoms with Gasteiger partial charge in [0.25, 0.3) is 0 Å². The number of hydrogen-bond donors (Lipinski definition) is 4. The van der Waals surface area contributed by atoms with Crippen molar-refractivity contribution in [2.75, 3.05) is 19.8 Å². The highest BCUT2D eigenvalue weighted by molar-refractivity contribution is 7.47. The molecule has 0 radical (unpaired) electrons. The minimum absolute atomic E-state index is 0.0912. The number of carbonyl (C=O) groups is 1. The van der Waals surface area contributed by atoms with Crippen LogP contribution in [0.3, 0.4) is 0 Å². The summed E-state index contributed by atoms with van der Waals surface area (Å²) >= 11 is 0. The molecule has 0 fully saturated rings. The van der Waals surface area contributed by atoms with Gasteiger partial charge in [-0.05, 0) is 12.8 Å². The van der Waals surface area contributed by atoms with E-state index in [0.717, 1.165) is 38.5 Å². The number of aliphatic hydroxyl groups is 1. The molecule has 3 atom stereocenters. The third-order valence-electron chi connectivity index (χ3n) is 6.46. The molecular weight excluding hydrogens is 479 g/mol. The van der Waals surface area contributed by atoms with Gasteiger partial charge in [-0.15, -0.1) is 0 Å². The van der Waals surface area contributed by atoms with Gasteiger partial charge in [0.15, 0.2) is 0 Å². The highest BCUT2D eigenvalue weighted by atomic mass is 31.2. The first kappa shape index (κ1) is 35.5. The summed E-state index contributed by atoms with van der Waals surface area (Å²) in [7, 11) is -4.28. The molecule has 0 aliphatic heterocycles. The maximum absolute atomic E-state index is 12.5. The SMILES string of the molecule is CCCCCCCCCCCC(=O)NC(COP(=O)(O)OCCN)C(O)CCCCCCCCCC. The molecule has 0 heterocycles. The van der Waals surface area contributed by atoms with Crippen LogP contribution in [0.1, 0.15) is 136 Å². The van der Waals surface area contributed by atoms with E-state index in [2.05, 4.69) is 19.2 Å². The number of unbranched alkanes of at least 4 members (excludes halogenated alkanes) is 15. The number of hydrogen-bond acceptors (Lipinski definition) is 6. The molecule has 8 nitrogen and oxygen atoms in total. The van der Waals surface area contributed by atoms with E-state index in [0.29, 0.717) is 12.8 Å². The van der Waals surface area contributed by atoms with Crippen molar-refractivity contribution in [2.24, 2.45) is 5.73 Å². The molecule has 0 spiro atoms. The van der Waals surface area contributed by atoms with E-state index in [1.54, 1.807) is 0 Å². The average Bonchev–Trinajstić information content (AvgIpc) is 2.85. The van der Waals surface area contributed by atoms with Crippen LogP contribution in [0.25, 0.3) is 0 Å². The van der Waals surface area contributed by atoms with Gasteiger partial charge in [-0.1, -0.05) is 117 Å². The molecule has 1 amide bonds. The van der Waals surface area contributed by atoms with E-state index in [1.165, 1.54) is 70.6 Å². The second-order valence-corrected chi connectivity index (χ2v) is 11.4. The Morgan fingerprint density at radius 1 is 0.806 bits per heavy atom. The van der Waals surface area contributed by atoms with E-state index in [1.807, 2.05) is 0 Å². The van der Waals surface area contributed by atoms with Crippen molar-refractivity contribution in [1.29, 1.82) is 0 Å². The topological polar surface area (TPSA) is 131 Å². The summed E-state index contributed by atoms with van der Waals surface area (Å²) < 4.78 is 21.8. The van der Waals surface area contributed by atoms with Crippen LogP contribution in [0.5, 0.6) is 0 Å². The van der Waals surface area contributed by atoms with Crippen LogP contribution < -0.4 is 11.1 Å². The van der Waals surface area contributed by atoms with E-state index < -0.39 is 20.0 Å². The summed E-state index contributed by atoms with van der Waals surface area (Å²) in [6.07, 6.45) is 19.8. The Kier molecular flexibility index (Phi) is 24.5.